The number of rotatable bonds is 17. The Morgan fingerprint density at radius 3 is 1.91 bits per heavy atom. The lowest BCUT2D eigenvalue weighted by Crippen LogP contribution is -2.65. The molecule has 1 saturated heterocycles. The average molecular weight is 529 g/mol. The minimum Gasteiger partial charge on any atom is -0.480 e. The van der Waals surface area contributed by atoms with Gasteiger partial charge < -0.3 is 25.5 Å². The Labute approximate surface area is 201 Å². The third-order valence-electron chi connectivity index (χ3n) is 5.44. The van der Waals surface area contributed by atoms with Crippen molar-refractivity contribution in [2.75, 3.05) is 77.8 Å². The summed E-state index contributed by atoms with van der Waals surface area (Å²) in [4.78, 5) is 51.2. The molecule has 1 fully saturated rings. The molecular formula is C18H32N4O12S. The Balaban J connectivity index is 3.19. The van der Waals surface area contributed by atoms with E-state index in [2.05, 4.69) is 0 Å². The number of carboxylic acids is 4. The average Bonchev–Trinajstić information content (AvgIpc) is 2.70. The molecule has 0 aromatic carbocycles. The molecule has 0 spiro atoms. The van der Waals surface area contributed by atoms with Gasteiger partial charge in [0.05, 0.1) is 32.0 Å². The molecule has 2 unspecified atom stereocenters. The van der Waals surface area contributed by atoms with Crippen molar-refractivity contribution in [3.63, 3.8) is 0 Å². The van der Waals surface area contributed by atoms with Gasteiger partial charge in [0.25, 0.3) is 10.1 Å². The highest BCUT2D eigenvalue weighted by molar-refractivity contribution is 7.85. The first-order valence-electron chi connectivity index (χ1n) is 10.6. The zero-order valence-corrected chi connectivity index (χ0v) is 19.8. The van der Waals surface area contributed by atoms with E-state index < -0.39 is 71.5 Å². The number of aliphatic carboxylic acids is 4. The molecule has 1 rings (SSSR count). The van der Waals surface area contributed by atoms with Crippen molar-refractivity contribution < 1.29 is 57.7 Å². The highest BCUT2D eigenvalue weighted by Crippen LogP contribution is 2.18. The first-order chi connectivity index (χ1) is 16.2. The van der Waals surface area contributed by atoms with Crippen molar-refractivity contribution >= 4 is 34.0 Å². The summed E-state index contributed by atoms with van der Waals surface area (Å²) in [6.07, 6.45) is 0. The molecule has 0 bridgehead atoms. The van der Waals surface area contributed by atoms with Crippen molar-refractivity contribution in [1.29, 1.82) is 0 Å². The maximum atomic E-state index is 12.3. The zero-order chi connectivity index (χ0) is 26.8. The fraction of sp³-hybridized carbons (Fsp3) is 0.778. The summed E-state index contributed by atoms with van der Waals surface area (Å²) < 4.78 is 31.3. The van der Waals surface area contributed by atoms with Gasteiger partial charge in [-0.2, -0.15) is 8.42 Å². The lowest BCUT2D eigenvalue weighted by Gasteiger charge is -2.46. The third kappa shape index (κ3) is 11.7. The van der Waals surface area contributed by atoms with Crippen molar-refractivity contribution in [2.45, 2.75) is 12.1 Å². The number of β-amino-alcohol motifs (C(OH)–C–C–N with tert-alkyl or cyclic N) is 1. The number of aliphatic hydroxyl groups is 1. The minimum atomic E-state index is -4.27. The van der Waals surface area contributed by atoms with Crippen LogP contribution in [0.3, 0.4) is 0 Å². The molecule has 6 N–H and O–H groups in total. The normalized spacial score (nSPS) is 18.6. The standard InChI is InChI=1S/C18H32N4O12S/c23-7-5-21-3-1-19(6-8-35(32,33)34)9-13(21)17(18(30)31)22(12-16(28)29)4-2-20(10-14(24)25)11-15(26)27/h13,17,23H,1-12H2,(H,24,25)(H,26,27)(H,28,29)(H,30,31)(H,32,33,34). The molecular weight excluding hydrogens is 496 g/mol. The Morgan fingerprint density at radius 1 is 0.886 bits per heavy atom. The Bertz CT molecular complexity index is 838. The molecule has 17 heteroatoms. The van der Waals surface area contributed by atoms with Crippen LogP contribution in [0.2, 0.25) is 0 Å². The van der Waals surface area contributed by atoms with Crippen LogP contribution in [0.1, 0.15) is 0 Å². The smallest absolute Gasteiger partial charge is 0.322 e. The van der Waals surface area contributed by atoms with Gasteiger partial charge in [0.15, 0.2) is 0 Å². The van der Waals surface area contributed by atoms with Crippen molar-refractivity contribution in [2.24, 2.45) is 0 Å². The van der Waals surface area contributed by atoms with Gasteiger partial charge in [0.1, 0.15) is 6.04 Å². The molecule has 2 atom stereocenters. The van der Waals surface area contributed by atoms with Crippen LogP contribution in [0.25, 0.3) is 0 Å². The Hall–Kier alpha value is -2.41. The largest absolute Gasteiger partial charge is 0.480 e. The van der Waals surface area contributed by atoms with Crippen LogP contribution in [0.4, 0.5) is 0 Å². The van der Waals surface area contributed by atoms with Crippen LogP contribution in [0.5, 0.6) is 0 Å². The second-order valence-electron chi connectivity index (χ2n) is 8.06. The molecule has 35 heavy (non-hydrogen) atoms. The van der Waals surface area contributed by atoms with E-state index in [1.54, 1.807) is 9.80 Å². The van der Waals surface area contributed by atoms with Crippen LogP contribution in [-0.4, -0.2) is 172 Å². The Morgan fingerprint density at radius 2 is 1.46 bits per heavy atom. The van der Waals surface area contributed by atoms with E-state index in [0.29, 0.717) is 6.54 Å². The SMILES string of the molecule is O=C(O)CN(CCN(CC(=O)O)C(C(=O)O)C1CN(CCS(=O)(=O)O)CCN1CCO)CC(=O)O. The predicted molar refractivity (Wildman–Crippen MR) is 118 cm³/mol. The summed E-state index contributed by atoms with van der Waals surface area (Å²) in [6.45, 7) is -2.46. The van der Waals surface area contributed by atoms with Crippen molar-refractivity contribution in [3.8, 4) is 0 Å². The lowest BCUT2D eigenvalue weighted by molar-refractivity contribution is -0.152. The monoisotopic (exact) mass is 528 g/mol. The quantitative estimate of drug-likeness (QED) is 0.0991. The number of hydrogen-bond acceptors (Lipinski definition) is 11. The lowest BCUT2D eigenvalue weighted by atomic mass is 10.0. The van der Waals surface area contributed by atoms with Gasteiger partial charge in [-0.05, 0) is 0 Å². The van der Waals surface area contributed by atoms with Gasteiger partial charge in [0, 0.05) is 51.9 Å². The summed E-state index contributed by atoms with van der Waals surface area (Å²) >= 11 is 0. The van der Waals surface area contributed by atoms with Crippen molar-refractivity contribution in [1.82, 2.24) is 19.6 Å². The van der Waals surface area contributed by atoms with Crippen LogP contribution >= 0.6 is 0 Å². The molecule has 1 heterocycles. The first kappa shape index (κ1) is 30.6. The van der Waals surface area contributed by atoms with Crippen molar-refractivity contribution in [3.05, 3.63) is 0 Å². The topological polar surface area (TPSA) is 237 Å². The minimum absolute atomic E-state index is 0.0173. The number of hydrogen-bond donors (Lipinski definition) is 6. The molecule has 1 aliphatic heterocycles. The summed E-state index contributed by atoms with van der Waals surface area (Å²) in [5, 5.41) is 46.8. The van der Waals surface area contributed by atoms with E-state index >= 15 is 0 Å². The molecule has 202 valence electrons. The van der Waals surface area contributed by atoms with Gasteiger partial charge in [-0.1, -0.05) is 0 Å². The van der Waals surface area contributed by atoms with E-state index in [-0.39, 0.29) is 45.9 Å². The van der Waals surface area contributed by atoms with E-state index in [1.165, 1.54) is 0 Å². The molecule has 0 aromatic heterocycles. The fourth-order valence-electron chi connectivity index (χ4n) is 3.98. The van der Waals surface area contributed by atoms with Gasteiger partial charge in [0.2, 0.25) is 0 Å². The highest BCUT2D eigenvalue weighted by atomic mass is 32.2. The third-order valence-corrected chi connectivity index (χ3v) is 6.14. The first-order valence-corrected chi connectivity index (χ1v) is 12.2. The number of carbonyl (C=O) groups is 4. The number of nitrogens with zero attached hydrogens (tertiary/aromatic N) is 4. The van der Waals surface area contributed by atoms with Crippen LogP contribution in [-0.2, 0) is 29.3 Å². The number of carboxylic acid groups (broad SMARTS) is 4. The molecule has 0 amide bonds. The fourth-order valence-corrected chi connectivity index (χ4v) is 4.47. The van der Waals surface area contributed by atoms with Crippen LogP contribution in [0.15, 0.2) is 0 Å². The summed E-state index contributed by atoms with van der Waals surface area (Å²) in [6, 6.07) is -2.37. The maximum Gasteiger partial charge on any atom is 0.322 e. The molecule has 0 aliphatic carbocycles. The second-order valence-corrected chi connectivity index (χ2v) is 9.63. The molecule has 0 aromatic rings. The number of piperazine rings is 1. The molecule has 1 aliphatic rings. The van der Waals surface area contributed by atoms with Crippen LogP contribution < -0.4 is 0 Å². The van der Waals surface area contributed by atoms with Crippen LogP contribution in [0, 0.1) is 0 Å². The zero-order valence-electron chi connectivity index (χ0n) is 19.0. The number of aliphatic hydroxyl groups excluding tert-OH is 1. The van der Waals surface area contributed by atoms with E-state index in [9.17, 15) is 42.9 Å². The Kier molecular flexibility index (Phi) is 12.4. The highest BCUT2D eigenvalue weighted by Gasteiger charge is 2.41. The summed E-state index contributed by atoms with van der Waals surface area (Å²) in [5.41, 5.74) is 0. The van der Waals surface area contributed by atoms with Gasteiger partial charge in [-0.15, -0.1) is 0 Å². The summed E-state index contributed by atoms with van der Waals surface area (Å²) in [7, 11) is -4.27. The van der Waals surface area contributed by atoms with E-state index in [1.807, 2.05) is 0 Å². The van der Waals surface area contributed by atoms with Gasteiger partial charge >= 0.3 is 23.9 Å². The van der Waals surface area contributed by atoms with Gasteiger partial charge in [-0.3, -0.25) is 43.3 Å². The van der Waals surface area contributed by atoms with E-state index in [0.717, 1.165) is 9.80 Å². The molecule has 0 radical (unpaired) electrons. The summed E-state index contributed by atoms with van der Waals surface area (Å²) in [5.74, 6) is -6.00. The molecule has 0 saturated carbocycles. The molecule has 16 nitrogen and oxygen atoms in total. The predicted octanol–water partition coefficient (Wildman–Crippen LogP) is -3.84. The second kappa shape index (κ2) is 14.2. The van der Waals surface area contributed by atoms with E-state index in [4.69, 9.17) is 14.8 Å². The van der Waals surface area contributed by atoms with Gasteiger partial charge in [-0.25, -0.2) is 0 Å². The maximum absolute atomic E-state index is 12.3.